The van der Waals surface area contributed by atoms with Gasteiger partial charge in [-0.15, -0.1) is 0 Å². The third-order valence-corrected chi connectivity index (χ3v) is 4.48. The molecule has 2 unspecified atom stereocenters. The van der Waals surface area contributed by atoms with Crippen LogP contribution < -0.4 is 5.32 Å². The zero-order chi connectivity index (χ0) is 18.1. The highest BCUT2D eigenvalue weighted by Gasteiger charge is 2.23. The lowest BCUT2D eigenvalue weighted by molar-refractivity contribution is -0.134. The van der Waals surface area contributed by atoms with E-state index in [1.807, 2.05) is 17.0 Å². The molecule has 0 radical (unpaired) electrons. The summed E-state index contributed by atoms with van der Waals surface area (Å²) in [6.07, 6.45) is 3.21. The van der Waals surface area contributed by atoms with Gasteiger partial charge in [0.2, 0.25) is 11.8 Å². The Morgan fingerprint density at radius 3 is 2.33 bits per heavy atom. The number of hydrogen-bond acceptors (Lipinski definition) is 2. The molecule has 2 amide bonds. The second-order valence-electron chi connectivity index (χ2n) is 6.21. The van der Waals surface area contributed by atoms with Crippen molar-refractivity contribution >= 4 is 23.4 Å². The van der Waals surface area contributed by atoms with Gasteiger partial charge < -0.3 is 10.2 Å². The van der Waals surface area contributed by atoms with Gasteiger partial charge in [0.1, 0.15) is 0 Å². The van der Waals surface area contributed by atoms with Gasteiger partial charge in [0.05, 0.1) is 12.5 Å². The van der Waals surface area contributed by atoms with Gasteiger partial charge in [0.25, 0.3) is 0 Å². The summed E-state index contributed by atoms with van der Waals surface area (Å²) in [5, 5.41) is 3.52. The Bertz CT molecular complexity index is 531. The fraction of sp³-hybridized carbons (Fsp3) is 0.579. The molecule has 0 saturated heterocycles. The smallest absolute Gasteiger partial charge is 0.225 e. The average Bonchev–Trinajstić information content (AvgIpc) is 2.54. The lowest BCUT2D eigenvalue weighted by Crippen LogP contribution is -2.41. The molecule has 0 aromatic heterocycles. The van der Waals surface area contributed by atoms with Gasteiger partial charge in [-0.1, -0.05) is 44.0 Å². The Hall–Kier alpha value is -1.55. The summed E-state index contributed by atoms with van der Waals surface area (Å²) in [5.41, 5.74) is 0.891. The topological polar surface area (TPSA) is 49.4 Å². The van der Waals surface area contributed by atoms with Gasteiger partial charge in [0.15, 0.2) is 0 Å². The molecular weight excluding hydrogens is 324 g/mol. The van der Waals surface area contributed by atoms with Crippen LogP contribution in [-0.2, 0) is 9.59 Å². The van der Waals surface area contributed by atoms with Crippen molar-refractivity contribution in [1.82, 2.24) is 10.2 Å². The Kier molecular flexibility index (Phi) is 8.83. The third kappa shape index (κ3) is 6.52. The molecule has 0 saturated carbocycles. The Morgan fingerprint density at radius 2 is 1.83 bits per heavy atom. The molecule has 24 heavy (non-hydrogen) atoms. The van der Waals surface area contributed by atoms with E-state index in [0.29, 0.717) is 5.02 Å². The summed E-state index contributed by atoms with van der Waals surface area (Å²) in [6, 6.07) is 7.14. The van der Waals surface area contributed by atoms with Crippen molar-refractivity contribution in [2.24, 2.45) is 0 Å². The lowest BCUT2D eigenvalue weighted by atomic mass is 10.0. The zero-order valence-electron chi connectivity index (χ0n) is 15.1. The van der Waals surface area contributed by atoms with Crippen molar-refractivity contribution in [3.8, 4) is 0 Å². The highest BCUT2D eigenvalue weighted by Crippen LogP contribution is 2.21. The van der Waals surface area contributed by atoms with E-state index in [2.05, 4.69) is 26.1 Å². The number of carbonyl (C=O) groups excluding carboxylic acids is 2. The number of halogens is 1. The molecule has 1 aromatic carbocycles. The minimum atomic E-state index is -0.333. The van der Waals surface area contributed by atoms with Crippen molar-refractivity contribution in [3.05, 3.63) is 34.9 Å². The predicted molar refractivity (Wildman–Crippen MR) is 99.0 cm³/mol. The van der Waals surface area contributed by atoms with Crippen LogP contribution in [0, 0.1) is 0 Å². The van der Waals surface area contributed by atoms with Crippen LogP contribution in [0.5, 0.6) is 0 Å². The van der Waals surface area contributed by atoms with Crippen molar-refractivity contribution in [2.45, 2.75) is 65.5 Å². The molecule has 5 heteroatoms. The highest BCUT2D eigenvalue weighted by molar-refractivity contribution is 6.30. The summed E-state index contributed by atoms with van der Waals surface area (Å²) >= 11 is 5.93. The molecule has 0 aliphatic heterocycles. The predicted octanol–water partition coefficient (Wildman–Crippen LogP) is 4.33. The second kappa shape index (κ2) is 10.3. The Balaban J connectivity index is 2.91. The second-order valence-corrected chi connectivity index (χ2v) is 6.64. The van der Waals surface area contributed by atoms with Crippen LogP contribution in [0.3, 0.4) is 0 Å². The summed E-state index contributed by atoms with van der Waals surface area (Å²) in [6.45, 7) is 8.51. The SMILES string of the molecule is CCCCN(C(=O)CC(NC(C)=O)c1ccc(Cl)cc1)C(C)CC. The van der Waals surface area contributed by atoms with Gasteiger partial charge in [-0.2, -0.15) is 0 Å². The maximum absolute atomic E-state index is 12.8. The van der Waals surface area contributed by atoms with E-state index < -0.39 is 0 Å². The fourth-order valence-corrected chi connectivity index (χ4v) is 2.75. The van der Waals surface area contributed by atoms with Crippen molar-refractivity contribution in [2.75, 3.05) is 6.54 Å². The van der Waals surface area contributed by atoms with E-state index in [1.165, 1.54) is 6.92 Å². The summed E-state index contributed by atoms with van der Waals surface area (Å²) in [4.78, 5) is 26.3. The number of amides is 2. The molecule has 0 fully saturated rings. The third-order valence-electron chi connectivity index (χ3n) is 4.22. The van der Waals surface area contributed by atoms with Crippen LogP contribution in [0.25, 0.3) is 0 Å². The van der Waals surface area contributed by atoms with Crippen LogP contribution >= 0.6 is 11.6 Å². The largest absolute Gasteiger partial charge is 0.349 e. The van der Waals surface area contributed by atoms with Crippen LogP contribution in [0.4, 0.5) is 0 Å². The van der Waals surface area contributed by atoms with E-state index in [1.54, 1.807) is 12.1 Å². The van der Waals surface area contributed by atoms with E-state index in [0.717, 1.165) is 31.4 Å². The summed E-state index contributed by atoms with van der Waals surface area (Å²) in [7, 11) is 0. The Morgan fingerprint density at radius 1 is 1.21 bits per heavy atom. The zero-order valence-corrected chi connectivity index (χ0v) is 15.9. The molecular formula is C19H29ClN2O2. The van der Waals surface area contributed by atoms with E-state index >= 15 is 0 Å². The van der Waals surface area contributed by atoms with Crippen LogP contribution in [0.15, 0.2) is 24.3 Å². The Labute approximate surface area is 150 Å². The van der Waals surface area contributed by atoms with Gasteiger partial charge in [0, 0.05) is 24.5 Å². The molecule has 0 bridgehead atoms. The molecule has 0 spiro atoms. The minimum Gasteiger partial charge on any atom is -0.349 e. The molecule has 0 aliphatic rings. The van der Waals surface area contributed by atoms with Crippen LogP contribution in [0.2, 0.25) is 5.02 Å². The summed E-state index contributed by atoms with van der Waals surface area (Å²) < 4.78 is 0. The van der Waals surface area contributed by atoms with Crippen molar-refractivity contribution < 1.29 is 9.59 Å². The maximum Gasteiger partial charge on any atom is 0.225 e. The van der Waals surface area contributed by atoms with Gasteiger partial charge in [-0.3, -0.25) is 9.59 Å². The van der Waals surface area contributed by atoms with Crippen molar-refractivity contribution in [3.63, 3.8) is 0 Å². The number of unbranched alkanes of at least 4 members (excludes halogenated alkanes) is 1. The molecule has 2 atom stereocenters. The molecule has 4 nitrogen and oxygen atoms in total. The van der Waals surface area contributed by atoms with E-state index in [9.17, 15) is 9.59 Å². The van der Waals surface area contributed by atoms with Gasteiger partial charge >= 0.3 is 0 Å². The number of rotatable bonds is 9. The standard InChI is InChI=1S/C19H29ClN2O2/c1-5-7-12-22(14(3)6-2)19(24)13-18(21-15(4)23)16-8-10-17(20)11-9-16/h8-11,14,18H,5-7,12-13H2,1-4H3,(H,21,23). The quantitative estimate of drug-likeness (QED) is 0.718. The molecule has 1 rings (SSSR count). The first kappa shape index (κ1) is 20.5. The average molecular weight is 353 g/mol. The van der Waals surface area contributed by atoms with Crippen molar-refractivity contribution in [1.29, 1.82) is 0 Å². The van der Waals surface area contributed by atoms with E-state index in [4.69, 9.17) is 11.6 Å². The minimum absolute atomic E-state index is 0.0755. The molecule has 0 heterocycles. The number of benzene rings is 1. The van der Waals surface area contributed by atoms with Crippen LogP contribution in [-0.4, -0.2) is 29.3 Å². The van der Waals surface area contributed by atoms with Gasteiger partial charge in [-0.05, 0) is 37.5 Å². The number of nitrogens with one attached hydrogen (secondary N) is 1. The van der Waals surface area contributed by atoms with Gasteiger partial charge in [-0.25, -0.2) is 0 Å². The molecule has 1 aromatic rings. The normalized spacial score (nSPS) is 13.2. The first-order valence-electron chi connectivity index (χ1n) is 8.71. The lowest BCUT2D eigenvalue weighted by Gasteiger charge is -2.30. The number of hydrogen-bond donors (Lipinski definition) is 1. The first-order chi connectivity index (χ1) is 11.4. The molecule has 1 N–H and O–H groups in total. The van der Waals surface area contributed by atoms with Crippen LogP contribution in [0.1, 0.15) is 65.0 Å². The number of nitrogens with zero attached hydrogens (tertiary/aromatic N) is 1. The first-order valence-corrected chi connectivity index (χ1v) is 9.08. The molecule has 134 valence electrons. The van der Waals surface area contributed by atoms with E-state index in [-0.39, 0.29) is 30.3 Å². The monoisotopic (exact) mass is 352 g/mol. The highest BCUT2D eigenvalue weighted by atomic mass is 35.5. The maximum atomic E-state index is 12.8. The summed E-state index contributed by atoms with van der Waals surface area (Å²) in [5.74, 6) is -0.0714. The molecule has 0 aliphatic carbocycles. The number of carbonyl (C=O) groups is 2. The fourth-order valence-electron chi connectivity index (χ4n) is 2.62.